The lowest BCUT2D eigenvalue weighted by molar-refractivity contribution is -0.152. The number of hydrogen-bond donors (Lipinski definition) is 2. The van der Waals surface area contributed by atoms with E-state index in [1.165, 1.54) is 7.11 Å². The van der Waals surface area contributed by atoms with Gasteiger partial charge in [-0.25, -0.2) is 0 Å². The highest BCUT2D eigenvalue weighted by Crippen LogP contribution is 2.43. The zero-order valence-electron chi connectivity index (χ0n) is 10.3. The van der Waals surface area contributed by atoms with Crippen LogP contribution < -0.4 is 5.73 Å². The number of carbonyl (C=O) groups excluding carboxylic acids is 1. The molecule has 0 fully saturated rings. The summed E-state index contributed by atoms with van der Waals surface area (Å²) < 4.78 is 5.31. The summed E-state index contributed by atoms with van der Waals surface area (Å²) in [5.41, 5.74) is 5.47. The fourth-order valence-corrected chi connectivity index (χ4v) is 2.33. The molecule has 0 aliphatic rings. The van der Waals surface area contributed by atoms with Crippen LogP contribution in [0.2, 0.25) is 5.02 Å². The SMILES string of the molecule is COC(=O)C(C)(C)[C@@H](N)c1c(Br)ccc(Cl)c1O. The number of halogens is 2. The van der Waals surface area contributed by atoms with E-state index in [0.29, 0.717) is 10.0 Å². The molecular formula is C12H15BrClNO3. The van der Waals surface area contributed by atoms with Gasteiger partial charge in [0, 0.05) is 10.0 Å². The predicted molar refractivity (Wildman–Crippen MR) is 73.5 cm³/mol. The average molecular weight is 337 g/mol. The fraction of sp³-hybridized carbons (Fsp3) is 0.417. The van der Waals surface area contributed by atoms with Crippen molar-refractivity contribution in [3.8, 4) is 5.75 Å². The monoisotopic (exact) mass is 335 g/mol. The predicted octanol–water partition coefficient (Wildman–Crippen LogP) is 3.01. The van der Waals surface area contributed by atoms with E-state index in [1.54, 1.807) is 26.0 Å². The van der Waals surface area contributed by atoms with Crippen LogP contribution in [-0.4, -0.2) is 18.2 Å². The molecule has 18 heavy (non-hydrogen) atoms. The summed E-state index contributed by atoms with van der Waals surface area (Å²) in [6.07, 6.45) is 0. The van der Waals surface area contributed by atoms with Gasteiger partial charge in [0.1, 0.15) is 5.75 Å². The van der Waals surface area contributed by atoms with Gasteiger partial charge in [0.2, 0.25) is 0 Å². The van der Waals surface area contributed by atoms with Gasteiger partial charge < -0.3 is 15.6 Å². The highest BCUT2D eigenvalue weighted by molar-refractivity contribution is 9.10. The highest BCUT2D eigenvalue weighted by atomic mass is 79.9. The molecule has 0 spiro atoms. The van der Waals surface area contributed by atoms with Gasteiger partial charge in [0.05, 0.1) is 23.6 Å². The van der Waals surface area contributed by atoms with Crippen LogP contribution in [0.15, 0.2) is 16.6 Å². The van der Waals surface area contributed by atoms with Crippen molar-refractivity contribution < 1.29 is 14.6 Å². The van der Waals surface area contributed by atoms with Gasteiger partial charge in [0.25, 0.3) is 0 Å². The maximum atomic E-state index is 11.7. The Bertz CT molecular complexity index is 477. The van der Waals surface area contributed by atoms with E-state index in [9.17, 15) is 9.90 Å². The Hall–Kier alpha value is -0.780. The number of phenolic OH excluding ortho intramolecular Hbond substituents is 1. The average Bonchev–Trinajstić information content (AvgIpc) is 2.33. The second kappa shape index (κ2) is 5.47. The molecule has 6 heteroatoms. The number of aromatic hydroxyl groups is 1. The number of carbonyl (C=O) groups is 1. The first-order chi connectivity index (χ1) is 8.23. The number of esters is 1. The van der Waals surface area contributed by atoms with E-state index in [4.69, 9.17) is 22.1 Å². The van der Waals surface area contributed by atoms with Gasteiger partial charge in [-0.1, -0.05) is 27.5 Å². The quantitative estimate of drug-likeness (QED) is 0.832. The lowest BCUT2D eigenvalue weighted by atomic mass is 9.80. The summed E-state index contributed by atoms with van der Waals surface area (Å²) in [6, 6.07) is 2.46. The van der Waals surface area contributed by atoms with Crippen LogP contribution in [0, 0.1) is 5.41 Å². The summed E-state index contributed by atoms with van der Waals surface area (Å²) >= 11 is 9.15. The van der Waals surface area contributed by atoms with Gasteiger partial charge in [-0.2, -0.15) is 0 Å². The molecular weight excluding hydrogens is 321 g/mol. The second-order valence-corrected chi connectivity index (χ2v) is 5.74. The third kappa shape index (κ3) is 2.63. The van der Waals surface area contributed by atoms with Crippen molar-refractivity contribution in [3.05, 3.63) is 27.2 Å². The molecule has 0 saturated carbocycles. The van der Waals surface area contributed by atoms with Gasteiger partial charge in [0.15, 0.2) is 0 Å². The number of rotatable bonds is 3. The van der Waals surface area contributed by atoms with Gasteiger partial charge >= 0.3 is 5.97 Å². The van der Waals surface area contributed by atoms with E-state index in [-0.39, 0.29) is 10.8 Å². The first kappa shape index (κ1) is 15.3. The minimum absolute atomic E-state index is 0.129. The number of hydrogen-bond acceptors (Lipinski definition) is 4. The molecule has 0 heterocycles. The van der Waals surface area contributed by atoms with Crippen LogP contribution >= 0.6 is 27.5 Å². The first-order valence-corrected chi connectivity index (χ1v) is 6.41. The summed E-state index contributed by atoms with van der Waals surface area (Å²) in [5.74, 6) is -0.586. The van der Waals surface area contributed by atoms with Crippen molar-refractivity contribution in [2.24, 2.45) is 11.1 Å². The molecule has 3 N–H and O–H groups in total. The summed E-state index contributed by atoms with van der Waals surface area (Å²) in [6.45, 7) is 3.30. The third-order valence-electron chi connectivity index (χ3n) is 2.91. The van der Waals surface area contributed by atoms with Crippen LogP contribution in [0.25, 0.3) is 0 Å². The summed E-state index contributed by atoms with van der Waals surface area (Å²) in [7, 11) is 1.30. The number of ether oxygens (including phenoxy) is 1. The van der Waals surface area contributed by atoms with Crippen molar-refractivity contribution in [2.45, 2.75) is 19.9 Å². The maximum absolute atomic E-state index is 11.7. The van der Waals surface area contributed by atoms with Crippen molar-refractivity contribution in [1.29, 1.82) is 0 Å². The standard InChI is InChI=1S/C12H15BrClNO3/c1-12(2,11(17)18-3)10(15)8-6(13)4-5-7(14)9(8)16/h4-5,10,16H,15H2,1-3H3/t10-/m0/s1. The molecule has 0 aromatic heterocycles. The van der Waals surface area contributed by atoms with Crippen molar-refractivity contribution in [2.75, 3.05) is 7.11 Å². The molecule has 0 unspecified atom stereocenters. The number of nitrogens with two attached hydrogens (primary N) is 1. The van der Waals surface area contributed by atoms with Crippen LogP contribution in [0.1, 0.15) is 25.5 Å². The van der Waals surface area contributed by atoms with E-state index in [0.717, 1.165) is 0 Å². The molecule has 4 nitrogen and oxygen atoms in total. The van der Waals surface area contributed by atoms with Gasteiger partial charge in [-0.05, 0) is 26.0 Å². The van der Waals surface area contributed by atoms with Crippen LogP contribution in [-0.2, 0) is 9.53 Å². The summed E-state index contributed by atoms with van der Waals surface area (Å²) in [5, 5.41) is 10.2. The first-order valence-electron chi connectivity index (χ1n) is 5.24. The zero-order valence-corrected chi connectivity index (χ0v) is 12.7. The Labute approximate surface area is 119 Å². The fourth-order valence-electron chi connectivity index (χ4n) is 1.60. The highest BCUT2D eigenvalue weighted by Gasteiger charge is 2.39. The molecule has 0 radical (unpaired) electrons. The van der Waals surface area contributed by atoms with Crippen LogP contribution in [0.5, 0.6) is 5.75 Å². The molecule has 1 atom stereocenters. The van der Waals surface area contributed by atoms with Gasteiger partial charge in [-0.3, -0.25) is 4.79 Å². The minimum Gasteiger partial charge on any atom is -0.506 e. The van der Waals surface area contributed by atoms with E-state index in [2.05, 4.69) is 15.9 Å². The van der Waals surface area contributed by atoms with Crippen molar-refractivity contribution >= 4 is 33.5 Å². The van der Waals surface area contributed by atoms with Crippen LogP contribution in [0.3, 0.4) is 0 Å². The third-order valence-corrected chi connectivity index (χ3v) is 3.91. The zero-order chi connectivity index (χ0) is 14.1. The Morgan fingerprint density at radius 2 is 2.11 bits per heavy atom. The molecule has 0 bridgehead atoms. The number of phenols is 1. The molecule has 0 aliphatic carbocycles. The van der Waals surface area contributed by atoms with Crippen LogP contribution in [0.4, 0.5) is 0 Å². The lowest BCUT2D eigenvalue weighted by Crippen LogP contribution is -2.37. The Morgan fingerprint density at radius 3 is 2.61 bits per heavy atom. The number of methoxy groups -OCH3 is 1. The topological polar surface area (TPSA) is 72.5 Å². The summed E-state index contributed by atoms with van der Waals surface area (Å²) in [4.78, 5) is 11.7. The lowest BCUT2D eigenvalue weighted by Gasteiger charge is -2.30. The molecule has 0 amide bonds. The molecule has 1 aromatic rings. The largest absolute Gasteiger partial charge is 0.506 e. The molecule has 100 valence electrons. The Kier molecular flexibility index (Phi) is 4.64. The van der Waals surface area contributed by atoms with Crippen molar-refractivity contribution in [3.63, 3.8) is 0 Å². The molecule has 0 saturated heterocycles. The number of benzene rings is 1. The van der Waals surface area contributed by atoms with E-state index >= 15 is 0 Å². The second-order valence-electron chi connectivity index (χ2n) is 4.48. The molecule has 1 rings (SSSR count). The molecule has 1 aromatic carbocycles. The normalized spacial score (nSPS) is 13.2. The molecule has 0 aliphatic heterocycles. The Balaban J connectivity index is 3.31. The maximum Gasteiger partial charge on any atom is 0.313 e. The van der Waals surface area contributed by atoms with Crippen molar-refractivity contribution in [1.82, 2.24) is 0 Å². The minimum atomic E-state index is -0.987. The van der Waals surface area contributed by atoms with E-state index < -0.39 is 17.4 Å². The van der Waals surface area contributed by atoms with E-state index in [1.807, 2.05) is 0 Å². The Morgan fingerprint density at radius 1 is 1.56 bits per heavy atom. The smallest absolute Gasteiger partial charge is 0.313 e. The van der Waals surface area contributed by atoms with Gasteiger partial charge in [-0.15, -0.1) is 0 Å².